The van der Waals surface area contributed by atoms with Crippen molar-refractivity contribution < 1.29 is 9.47 Å². The van der Waals surface area contributed by atoms with Gasteiger partial charge in [-0.15, -0.1) is 0 Å². The average molecular weight is 422 g/mol. The summed E-state index contributed by atoms with van der Waals surface area (Å²) in [6, 6.07) is 0.524. The molecule has 4 rings (SSSR count). The molecule has 0 spiro atoms. The van der Waals surface area contributed by atoms with Crippen molar-refractivity contribution in [3.05, 3.63) is 0 Å². The first-order valence-corrected chi connectivity index (χ1v) is 12.5. The van der Waals surface area contributed by atoms with Gasteiger partial charge < -0.3 is 25.0 Å². The molecular formula is C23H43N5O2. The third kappa shape index (κ3) is 5.87. The third-order valence-corrected chi connectivity index (χ3v) is 7.54. The molecule has 1 unspecified atom stereocenters. The first kappa shape index (κ1) is 22.3. The average Bonchev–Trinajstić information content (AvgIpc) is 3.49. The summed E-state index contributed by atoms with van der Waals surface area (Å²) in [7, 11) is 0. The van der Waals surface area contributed by atoms with Crippen molar-refractivity contribution in [3.8, 4) is 0 Å². The summed E-state index contributed by atoms with van der Waals surface area (Å²) in [4.78, 5) is 10.5. The van der Waals surface area contributed by atoms with Crippen molar-refractivity contribution in [2.24, 2.45) is 10.9 Å². The molecule has 0 aliphatic carbocycles. The molecule has 0 aromatic heterocycles. The minimum absolute atomic E-state index is 0.198. The fourth-order valence-corrected chi connectivity index (χ4v) is 5.61. The normalized spacial score (nSPS) is 29.4. The van der Waals surface area contributed by atoms with Crippen LogP contribution in [0.1, 0.15) is 51.9 Å². The number of ether oxygens (including phenoxy) is 2. The van der Waals surface area contributed by atoms with Gasteiger partial charge in [0.05, 0.1) is 13.2 Å². The molecule has 4 fully saturated rings. The lowest BCUT2D eigenvalue weighted by molar-refractivity contribution is -0.0139. The highest BCUT2D eigenvalue weighted by Crippen LogP contribution is 2.31. The minimum atomic E-state index is 0.198. The molecule has 7 nitrogen and oxygen atoms in total. The minimum Gasteiger partial charge on any atom is -0.381 e. The fraction of sp³-hybridized carbons (Fsp3) is 0.957. The Labute approximate surface area is 182 Å². The van der Waals surface area contributed by atoms with E-state index in [0.717, 1.165) is 64.2 Å². The Balaban J connectivity index is 1.30. The van der Waals surface area contributed by atoms with Crippen molar-refractivity contribution in [2.45, 2.75) is 63.5 Å². The SMILES string of the molecule is CCNC(=NCC1(N2CCCC2)CCOCC1)NC1CCN(CC2CCOC2)CC1. The van der Waals surface area contributed by atoms with E-state index in [-0.39, 0.29) is 5.54 Å². The van der Waals surface area contributed by atoms with Crippen molar-refractivity contribution >= 4 is 5.96 Å². The van der Waals surface area contributed by atoms with Crippen LogP contribution in [0.4, 0.5) is 0 Å². The lowest BCUT2D eigenvalue weighted by Gasteiger charge is -2.43. The van der Waals surface area contributed by atoms with Gasteiger partial charge in [0, 0.05) is 57.6 Å². The molecule has 172 valence electrons. The van der Waals surface area contributed by atoms with Gasteiger partial charge >= 0.3 is 0 Å². The van der Waals surface area contributed by atoms with Crippen LogP contribution in [0.3, 0.4) is 0 Å². The van der Waals surface area contributed by atoms with E-state index in [4.69, 9.17) is 14.5 Å². The molecule has 0 saturated carbocycles. The Morgan fingerprint density at radius 2 is 1.77 bits per heavy atom. The molecule has 30 heavy (non-hydrogen) atoms. The Morgan fingerprint density at radius 3 is 2.43 bits per heavy atom. The maximum atomic E-state index is 5.70. The monoisotopic (exact) mass is 421 g/mol. The second-order valence-electron chi connectivity index (χ2n) is 9.67. The van der Waals surface area contributed by atoms with E-state index >= 15 is 0 Å². The van der Waals surface area contributed by atoms with E-state index in [0.29, 0.717) is 6.04 Å². The molecule has 4 aliphatic rings. The van der Waals surface area contributed by atoms with Crippen LogP contribution in [-0.4, -0.2) is 99.6 Å². The summed E-state index contributed by atoms with van der Waals surface area (Å²) >= 11 is 0. The van der Waals surface area contributed by atoms with E-state index in [1.165, 1.54) is 64.8 Å². The molecule has 0 radical (unpaired) electrons. The highest BCUT2D eigenvalue weighted by molar-refractivity contribution is 5.80. The molecule has 0 aromatic rings. The van der Waals surface area contributed by atoms with E-state index in [1.807, 2.05) is 0 Å². The maximum absolute atomic E-state index is 5.70. The zero-order valence-corrected chi connectivity index (χ0v) is 19.0. The molecule has 7 heteroatoms. The van der Waals surface area contributed by atoms with Crippen molar-refractivity contribution in [1.29, 1.82) is 0 Å². The lowest BCUT2D eigenvalue weighted by Crippen LogP contribution is -2.54. The highest BCUT2D eigenvalue weighted by atomic mass is 16.5. The number of aliphatic imine (C=N–C) groups is 1. The van der Waals surface area contributed by atoms with Gasteiger partial charge in [0.1, 0.15) is 0 Å². The van der Waals surface area contributed by atoms with E-state index in [2.05, 4.69) is 27.4 Å². The number of rotatable bonds is 7. The zero-order chi connectivity index (χ0) is 20.7. The Hall–Kier alpha value is -0.890. The number of hydrogen-bond acceptors (Lipinski definition) is 5. The van der Waals surface area contributed by atoms with Gasteiger partial charge in [-0.05, 0) is 70.9 Å². The fourth-order valence-electron chi connectivity index (χ4n) is 5.61. The van der Waals surface area contributed by atoms with Crippen LogP contribution in [-0.2, 0) is 9.47 Å². The van der Waals surface area contributed by atoms with E-state index in [1.54, 1.807) is 0 Å². The van der Waals surface area contributed by atoms with Crippen LogP contribution in [0.25, 0.3) is 0 Å². The predicted octanol–water partition coefficient (Wildman–Crippen LogP) is 1.69. The molecule has 1 atom stereocenters. The molecular weight excluding hydrogens is 378 g/mol. The van der Waals surface area contributed by atoms with Gasteiger partial charge in [0.15, 0.2) is 5.96 Å². The van der Waals surface area contributed by atoms with Gasteiger partial charge in [-0.3, -0.25) is 9.89 Å². The van der Waals surface area contributed by atoms with Crippen LogP contribution in [0.2, 0.25) is 0 Å². The highest BCUT2D eigenvalue weighted by Gasteiger charge is 2.39. The first-order valence-electron chi connectivity index (χ1n) is 12.5. The van der Waals surface area contributed by atoms with E-state index < -0.39 is 0 Å². The first-order chi connectivity index (χ1) is 14.8. The Kier molecular flexibility index (Phi) is 8.27. The quantitative estimate of drug-likeness (QED) is 0.482. The molecule has 0 bridgehead atoms. The van der Waals surface area contributed by atoms with Crippen LogP contribution in [0.5, 0.6) is 0 Å². The van der Waals surface area contributed by atoms with Gasteiger partial charge in [-0.1, -0.05) is 0 Å². The third-order valence-electron chi connectivity index (χ3n) is 7.54. The summed E-state index contributed by atoms with van der Waals surface area (Å²) in [6.45, 7) is 13.6. The second kappa shape index (κ2) is 11.1. The van der Waals surface area contributed by atoms with Crippen LogP contribution in [0.15, 0.2) is 4.99 Å². The summed E-state index contributed by atoms with van der Waals surface area (Å²) in [5.74, 6) is 1.75. The molecule has 0 amide bonds. The number of piperidine rings is 1. The van der Waals surface area contributed by atoms with Crippen molar-refractivity contribution in [2.75, 3.05) is 72.2 Å². The summed E-state index contributed by atoms with van der Waals surface area (Å²) < 4.78 is 11.2. The molecule has 0 aromatic carbocycles. The van der Waals surface area contributed by atoms with E-state index in [9.17, 15) is 0 Å². The Bertz CT molecular complexity index is 532. The number of nitrogens with zero attached hydrogens (tertiary/aromatic N) is 3. The number of guanidine groups is 1. The number of hydrogen-bond donors (Lipinski definition) is 2. The summed E-state index contributed by atoms with van der Waals surface area (Å²) in [6.07, 6.45) is 8.51. The maximum Gasteiger partial charge on any atom is 0.191 e. The molecule has 4 saturated heterocycles. The van der Waals surface area contributed by atoms with Crippen molar-refractivity contribution in [1.82, 2.24) is 20.4 Å². The molecule has 2 N–H and O–H groups in total. The molecule has 4 heterocycles. The molecule has 4 aliphatic heterocycles. The summed E-state index contributed by atoms with van der Waals surface area (Å²) in [5, 5.41) is 7.26. The van der Waals surface area contributed by atoms with Crippen LogP contribution >= 0.6 is 0 Å². The number of nitrogens with one attached hydrogen (secondary N) is 2. The Morgan fingerprint density at radius 1 is 1.00 bits per heavy atom. The van der Waals surface area contributed by atoms with Gasteiger partial charge in [0.25, 0.3) is 0 Å². The van der Waals surface area contributed by atoms with Crippen molar-refractivity contribution in [3.63, 3.8) is 0 Å². The van der Waals surface area contributed by atoms with Crippen LogP contribution in [0, 0.1) is 5.92 Å². The lowest BCUT2D eigenvalue weighted by atomic mass is 9.88. The largest absolute Gasteiger partial charge is 0.381 e. The predicted molar refractivity (Wildman–Crippen MR) is 121 cm³/mol. The smallest absolute Gasteiger partial charge is 0.191 e. The van der Waals surface area contributed by atoms with Gasteiger partial charge in [-0.25, -0.2) is 0 Å². The number of likely N-dealkylation sites (tertiary alicyclic amines) is 2. The topological polar surface area (TPSA) is 61.4 Å². The van der Waals surface area contributed by atoms with Crippen LogP contribution < -0.4 is 10.6 Å². The van der Waals surface area contributed by atoms with Gasteiger partial charge in [-0.2, -0.15) is 0 Å². The van der Waals surface area contributed by atoms with Gasteiger partial charge in [0.2, 0.25) is 0 Å². The second-order valence-corrected chi connectivity index (χ2v) is 9.67. The summed E-state index contributed by atoms with van der Waals surface area (Å²) in [5.41, 5.74) is 0.198. The standard InChI is InChI=1S/C23H43N5O2/c1-2-24-22(25-19-23(8-15-29-16-9-23)28-10-3-4-11-28)26-21-5-12-27(13-6-21)17-20-7-14-30-18-20/h20-21H,2-19H2,1H3,(H2,24,25,26). The zero-order valence-electron chi connectivity index (χ0n) is 19.0.